The van der Waals surface area contributed by atoms with E-state index in [1.165, 1.54) is 0 Å². The Hall–Kier alpha value is -2.86. The van der Waals surface area contributed by atoms with Gasteiger partial charge in [-0.05, 0) is 39.7 Å². The Kier molecular flexibility index (Phi) is 2.62. The van der Waals surface area contributed by atoms with Crippen LogP contribution in [-0.2, 0) is 0 Å². The van der Waals surface area contributed by atoms with Crippen molar-refractivity contribution in [3.05, 3.63) is 60.2 Å². The molecule has 0 saturated carbocycles. The van der Waals surface area contributed by atoms with E-state index in [0.29, 0.717) is 5.56 Å². The third-order valence-electron chi connectivity index (χ3n) is 3.16. The van der Waals surface area contributed by atoms with Crippen LogP contribution < -0.4 is 5.32 Å². The van der Waals surface area contributed by atoms with Crippen molar-refractivity contribution in [1.29, 1.82) is 5.26 Å². The number of hydrogen-bond donors (Lipinski definition) is 1. The smallest absolute Gasteiger partial charge is 0.264 e. The van der Waals surface area contributed by atoms with Gasteiger partial charge in [0.15, 0.2) is 6.19 Å². The first-order valence-electron chi connectivity index (χ1n) is 5.90. The first kappa shape index (κ1) is 11.2. The molecule has 0 fully saturated rings. The average molecular weight is 246 g/mol. The number of benzene rings is 3. The highest BCUT2D eigenvalue weighted by atomic mass is 16.1. The number of carbonyl (C=O) groups excluding carboxylic acids is 1. The van der Waals surface area contributed by atoms with Gasteiger partial charge in [0, 0.05) is 5.56 Å². The van der Waals surface area contributed by atoms with E-state index in [4.69, 9.17) is 5.26 Å². The standard InChI is InChI=1S/C16H10N2O/c17-10-18-16(19)14-7-3-6-13-8-11-4-1-2-5-12(11)9-15(13)14/h1-9H,(H,18,19). The maximum absolute atomic E-state index is 11.9. The third kappa shape index (κ3) is 1.90. The molecule has 1 amide bonds. The number of carbonyl (C=O) groups is 1. The zero-order chi connectivity index (χ0) is 13.2. The van der Waals surface area contributed by atoms with Gasteiger partial charge in [-0.15, -0.1) is 0 Å². The molecule has 0 aliphatic heterocycles. The molecule has 0 atom stereocenters. The van der Waals surface area contributed by atoms with Crippen LogP contribution >= 0.6 is 0 Å². The van der Waals surface area contributed by atoms with Gasteiger partial charge in [-0.1, -0.05) is 36.4 Å². The minimum Gasteiger partial charge on any atom is -0.268 e. The van der Waals surface area contributed by atoms with Crippen LogP contribution in [0.1, 0.15) is 10.4 Å². The van der Waals surface area contributed by atoms with E-state index in [1.807, 2.05) is 48.5 Å². The Labute approximate surface area is 110 Å². The summed E-state index contributed by atoms with van der Waals surface area (Å²) in [5.74, 6) is -0.372. The summed E-state index contributed by atoms with van der Waals surface area (Å²) in [5, 5.41) is 14.8. The minimum absolute atomic E-state index is 0.372. The summed E-state index contributed by atoms with van der Waals surface area (Å²) in [7, 11) is 0. The van der Waals surface area contributed by atoms with Gasteiger partial charge in [0.1, 0.15) is 0 Å². The van der Waals surface area contributed by atoms with Gasteiger partial charge in [0.2, 0.25) is 0 Å². The highest BCUT2D eigenvalue weighted by Gasteiger charge is 2.09. The van der Waals surface area contributed by atoms with Gasteiger partial charge < -0.3 is 0 Å². The summed E-state index contributed by atoms with van der Waals surface area (Å²) < 4.78 is 0. The monoisotopic (exact) mass is 246 g/mol. The van der Waals surface area contributed by atoms with E-state index in [-0.39, 0.29) is 5.91 Å². The third-order valence-corrected chi connectivity index (χ3v) is 3.16. The lowest BCUT2D eigenvalue weighted by Gasteiger charge is -2.06. The first-order chi connectivity index (χ1) is 9.29. The van der Waals surface area contributed by atoms with Crippen LogP contribution in [0.5, 0.6) is 0 Å². The molecule has 0 aliphatic carbocycles. The predicted molar refractivity (Wildman–Crippen MR) is 74.5 cm³/mol. The maximum atomic E-state index is 11.9. The fourth-order valence-corrected chi connectivity index (χ4v) is 2.28. The molecule has 0 aromatic heterocycles. The number of nitriles is 1. The minimum atomic E-state index is -0.372. The Morgan fingerprint density at radius 2 is 1.63 bits per heavy atom. The number of amides is 1. The molecule has 0 unspecified atom stereocenters. The zero-order valence-electron chi connectivity index (χ0n) is 10.1. The molecule has 3 aromatic rings. The SMILES string of the molecule is N#CNC(=O)c1cccc2cc3ccccc3cc12. The molecular formula is C16H10N2O. The van der Waals surface area contributed by atoms with Crippen LogP contribution in [-0.4, -0.2) is 5.91 Å². The van der Waals surface area contributed by atoms with Crippen molar-refractivity contribution in [1.82, 2.24) is 5.32 Å². The van der Waals surface area contributed by atoms with E-state index in [2.05, 4.69) is 5.32 Å². The zero-order valence-corrected chi connectivity index (χ0v) is 10.1. The fraction of sp³-hybridized carbons (Fsp3) is 0. The van der Waals surface area contributed by atoms with Gasteiger partial charge in [-0.2, -0.15) is 5.26 Å². The number of hydrogen-bond acceptors (Lipinski definition) is 2. The van der Waals surface area contributed by atoms with Gasteiger partial charge in [0.05, 0.1) is 0 Å². The number of rotatable bonds is 1. The van der Waals surface area contributed by atoms with Crippen molar-refractivity contribution >= 4 is 27.5 Å². The second kappa shape index (κ2) is 4.43. The normalized spacial score (nSPS) is 10.3. The molecule has 3 nitrogen and oxygen atoms in total. The largest absolute Gasteiger partial charge is 0.268 e. The van der Waals surface area contributed by atoms with E-state index in [9.17, 15) is 4.79 Å². The summed E-state index contributed by atoms with van der Waals surface area (Å²) in [6.07, 6.45) is 1.67. The molecule has 0 heterocycles. The van der Waals surface area contributed by atoms with Gasteiger partial charge in [-0.25, -0.2) is 0 Å². The first-order valence-corrected chi connectivity index (χ1v) is 5.90. The van der Waals surface area contributed by atoms with Gasteiger partial charge in [-0.3, -0.25) is 10.1 Å². The summed E-state index contributed by atoms with van der Waals surface area (Å²) in [6.45, 7) is 0. The van der Waals surface area contributed by atoms with E-state index >= 15 is 0 Å². The molecule has 19 heavy (non-hydrogen) atoms. The van der Waals surface area contributed by atoms with Crippen LogP contribution in [0, 0.1) is 11.5 Å². The fourth-order valence-electron chi connectivity index (χ4n) is 2.28. The van der Waals surface area contributed by atoms with Crippen molar-refractivity contribution in [2.24, 2.45) is 0 Å². The molecule has 90 valence electrons. The summed E-state index contributed by atoms with van der Waals surface area (Å²) >= 11 is 0. The predicted octanol–water partition coefficient (Wildman–Crippen LogP) is 3.20. The molecule has 3 heteroatoms. The van der Waals surface area contributed by atoms with Crippen LogP contribution in [0.25, 0.3) is 21.5 Å². The summed E-state index contributed by atoms with van der Waals surface area (Å²) in [5.41, 5.74) is 0.518. The van der Waals surface area contributed by atoms with Crippen LogP contribution in [0.3, 0.4) is 0 Å². The van der Waals surface area contributed by atoms with Crippen molar-refractivity contribution in [2.45, 2.75) is 0 Å². The lowest BCUT2D eigenvalue weighted by molar-refractivity contribution is 0.0974. The molecule has 0 aliphatic rings. The summed E-state index contributed by atoms with van der Waals surface area (Å²) in [4.78, 5) is 11.9. The molecule has 3 aromatic carbocycles. The molecular weight excluding hydrogens is 236 g/mol. The number of fused-ring (bicyclic) bond motifs is 2. The van der Waals surface area contributed by atoms with E-state index < -0.39 is 0 Å². The van der Waals surface area contributed by atoms with Gasteiger partial charge >= 0.3 is 0 Å². The Morgan fingerprint density at radius 3 is 2.37 bits per heavy atom. The second-order valence-corrected chi connectivity index (χ2v) is 4.29. The maximum Gasteiger partial charge on any atom is 0.264 e. The summed E-state index contributed by atoms with van der Waals surface area (Å²) in [6, 6.07) is 17.5. The number of nitrogens with one attached hydrogen (secondary N) is 1. The average Bonchev–Trinajstić information content (AvgIpc) is 2.44. The van der Waals surface area contributed by atoms with Crippen LogP contribution in [0.4, 0.5) is 0 Å². The highest BCUT2D eigenvalue weighted by molar-refractivity contribution is 6.10. The van der Waals surface area contributed by atoms with E-state index in [0.717, 1.165) is 21.5 Å². The van der Waals surface area contributed by atoms with Gasteiger partial charge in [0.25, 0.3) is 5.91 Å². The highest BCUT2D eigenvalue weighted by Crippen LogP contribution is 2.25. The van der Waals surface area contributed by atoms with Crippen LogP contribution in [0.2, 0.25) is 0 Å². The Bertz CT molecular complexity index is 831. The lowest BCUT2D eigenvalue weighted by Crippen LogP contribution is -2.17. The molecule has 1 N–H and O–H groups in total. The molecule has 0 radical (unpaired) electrons. The molecule has 0 bridgehead atoms. The Morgan fingerprint density at radius 1 is 0.947 bits per heavy atom. The van der Waals surface area contributed by atoms with Crippen molar-refractivity contribution in [3.63, 3.8) is 0 Å². The second-order valence-electron chi connectivity index (χ2n) is 4.29. The number of nitrogens with zero attached hydrogens (tertiary/aromatic N) is 1. The van der Waals surface area contributed by atoms with Crippen molar-refractivity contribution in [2.75, 3.05) is 0 Å². The lowest BCUT2D eigenvalue weighted by atomic mass is 9.99. The topological polar surface area (TPSA) is 52.9 Å². The molecule has 3 rings (SSSR count). The molecule has 0 saturated heterocycles. The Balaban J connectivity index is 2.32. The van der Waals surface area contributed by atoms with Crippen LogP contribution in [0.15, 0.2) is 54.6 Å². The molecule has 0 spiro atoms. The quantitative estimate of drug-likeness (QED) is 0.407. The van der Waals surface area contributed by atoms with E-state index in [1.54, 1.807) is 12.3 Å². The van der Waals surface area contributed by atoms with Crippen molar-refractivity contribution < 1.29 is 4.79 Å². The van der Waals surface area contributed by atoms with Crippen molar-refractivity contribution in [3.8, 4) is 6.19 Å².